The molecule has 0 saturated heterocycles. The summed E-state index contributed by atoms with van der Waals surface area (Å²) >= 11 is 0. The lowest BCUT2D eigenvalue weighted by molar-refractivity contribution is -0.889. The number of hydrogen-bond donors (Lipinski definition) is 0. The lowest BCUT2D eigenvalue weighted by Gasteiger charge is -2.34. The third-order valence-corrected chi connectivity index (χ3v) is 13.6. The molecule has 0 aliphatic heterocycles. The Morgan fingerprint density at radius 1 is 0.456 bits per heavy atom. The molecule has 0 radical (unpaired) electrons. The SMILES string of the molecule is CC/C=C/C/C=C/CCCCCCCCCCCCCCCCC(=O)OC(COCCC(C(=O)[O-])[N+](C)(C)C)COC(=O)CCCCCCCCCCCCCCCCCCCCCCCCC. The van der Waals surface area contributed by atoms with Gasteiger partial charge in [0.25, 0.3) is 0 Å². The van der Waals surface area contributed by atoms with Crippen LogP contribution in [0.25, 0.3) is 0 Å². The Bertz CT molecular complexity index is 1160. The highest BCUT2D eigenvalue weighted by Crippen LogP contribution is 2.18. The van der Waals surface area contributed by atoms with Crippen molar-refractivity contribution in [3.05, 3.63) is 24.3 Å². The minimum absolute atomic E-state index is 0.0464. The summed E-state index contributed by atoms with van der Waals surface area (Å²) in [5.74, 6) is -1.71. The van der Waals surface area contributed by atoms with Crippen molar-refractivity contribution in [1.82, 2.24) is 0 Å². The second kappa shape index (κ2) is 51.2. The fraction of sp³-hybridized carbons (Fsp3) is 0.883. The van der Waals surface area contributed by atoms with E-state index in [4.69, 9.17) is 14.2 Å². The van der Waals surface area contributed by atoms with Crippen molar-refractivity contribution >= 4 is 17.9 Å². The first-order valence-corrected chi connectivity index (χ1v) is 29.4. The molecule has 0 aromatic carbocycles. The number of aliphatic carboxylic acids is 1. The van der Waals surface area contributed by atoms with Gasteiger partial charge in [0.2, 0.25) is 0 Å². The van der Waals surface area contributed by atoms with Gasteiger partial charge in [-0.1, -0.05) is 256 Å². The van der Waals surface area contributed by atoms with Gasteiger partial charge in [-0.3, -0.25) is 9.59 Å². The molecule has 0 aromatic heterocycles. The molecule has 0 amide bonds. The van der Waals surface area contributed by atoms with Crippen LogP contribution in [0, 0.1) is 0 Å². The third kappa shape index (κ3) is 48.8. The molecule has 0 heterocycles. The summed E-state index contributed by atoms with van der Waals surface area (Å²) in [6.45, 7) is 4.63. The second-order valence-electron chi connectivity index (χ2n) is 21.2. The van der Waals surface area contributed by atoms with Gasteiger partial charge in [-0.15, -0.1) is 0 Å². The molecule has 0 rings (SSSR count). The molecule has 0 fully saturated rings. The highest BCUT2D eigenvalue weighted by molar-refractivity contribution is 5.70. The summed E-state index contributed by atoms with van der Waals surface area (Å²) in [6.07, 6.45) is 60.8. The molecule has 8 heteroatoms. The van der Waals surface area contributed by atoms with Crippen LogP contribution >= 0.6 is 0 Å². The minimum Gasteiger partial charge on any atom is -0.544 e. The van der Waals surface area contributed by atoms with Crippen molar-refractivity contribution in [3.63, 3.8) is 0 Å². The van der Waals surface area contributed by atoms with E-state index in [1.165, 1.54) is 205 Å². The number of nitrogens with zero attached hydrogens (tertiary/aromatic N) is 1. The summed E-state index contributed by atoms with van der Waals surface area (Å²) in [5, 5.41) is 11.7. The predicted octanol–water partition coefficient (Wildman–Crippen LogP) is 16.2. The van der Waals surface area contributed by atoms with E-state index in [1.807, 2.05) is 21.1 Å². The first-order chi connectivity index (χ1) is 33.1. The Balaban J connectivity index is 4.10. The van der Waals surface area contributed by atoms with E-state index in [-0.39, 0.29) is 42.7 Å². The minimum atomic E-state index is -1.12. The highest BCUT2D eigenvalue weighted by atomic mass is 16.6. The van der Waals surface area contributed by atoms with Crippen LogP contribution in [-0.2, 0) is 28.6 Å². The smallest absolute Gasteiger partial charge is 0.306 e. The van der Waals surface area contributed by atoms with Crippen molar-refractivity contribution in [2.75, 3.05) is 41.0 Å². The van der Waals surface area contributed by atoms with Crippen LogP contribution in [0.1, 0.15) is 290 Å². The predicted molar refractivity (Wildman–Crippen MR) is 287 cm³/mol. The summed E-state index contributed by atoms with van der Waals surface area (Å²) in [4.78, 5) is 37.2. The fourth-order valence-corrected chi connectivity index (χ4v) is 9.11. The van der Waals surface area contributed by atoms with Crippen molar-refractivity contribution in [2.45, 2.75) is 302 Å². The molecule has 0 bridgehead atoms. The van der Waals surface area contributed by atoms with Crippen LogP contribution in [0.3, 0.4) is 0 Å². The Hall–Kier alpha value is -2.19. The summed E-state index contributed by atoms with van der Waals surface area (Å²) in [7, 11) is 5.44. The van der Waals surface area contributed by atoms with E-state index in [0.717, 1.165) is 51.4 Å². The number of allylic oxidation sites excluding steroid dienone is 4. The lowest BCUT2D eigenvalue weighted by atomic mass is 10.0. The quantitative estimate of drug-likeness (QED) is 0.0259. The number of esters is 2. The lowest BCUT2D eigenvalue weighted by Crippen LogP contribution is -2.55. The number of carbonyl (C=O) groups is 3. The van der Waals surface area contributed by atoms with Crippen LogP contribution in [0.5, 0.6) is 0 Å². The van der Waals surface area contributed by atoms with Gasteiger partial charge < -0.3 is 28.6 Å². The summed E-state index contributed by atoms with van der Waals surface area (Å²) in [5.41, 5.74) is 0. The van der Waals surface area contributed by atoms with Gasteiger partial charge in [-0.2, -0.15) is 0 Å². The van der Waals surface area contributed by atoms with Gasteiger partial charge in [0, 0.05) is 19.3 Å². The van der Waals surface area contributed by atoms with E-state index in [0.29, 0.717) is 12.8 Å². The van der Waals surface area contributed by atoms with E-state index < -0.39 is 18.1 Å². The maximum absolute atomic E-state index is 12.8. The van der Waals surface area contributed by atoms with Crippen molar-refractivity contribution in [3.8, 4) is 0 Å². The summed E-state index contributed by atoms with van der Waals surface area (Å²) < 4.78 is 17.3. The number of hydrogen-bond acceptors (Lipinski definition) is 7. The molecule has 0 aliphatic rings. The molecule has 0 N–H and O–H groups in total. The molecule has 0 aromatic rings. The molecule has 0 saturated carbocycles. The van der Waals surface area contributed by atoms with Gasteiger partial charge in [-0.25, -0.2) is 0 Å². The number of ether oxygens (including phenoxy) is 3. The molecular formula is C60H113NO7. The maximum Gasteiger partial charge on any atom is 0.306 e. The third-order valence-electron chi connectivity index (χ3n) is 13.6. The highest BCUT2D eigenvalue weighted by Gasteiger charge is 2.25. The number of carboxylic acids is 1. The Morgan fingerprint density at radius 3 is 1.21 bits per heavy atom. The molecule has 2 unspecified atom stereocenters. The van der Waals surface area contributed by atoms with E-state index in [2.05, 4.69) is 38.2 Å². The topological polar surface area (TPSA) is 102 Å². The molecule has 400 valence electrons. The van der Waals surface area contributed by atoms with Gasteiger partial charge in [0.15, 0.2) is 6.10 Å². The number of unbranched alkanes of at least 4 members (excludes halogenated alkanes) is 36. The summed E-state index contributed by atoms with van der Waals surface area (Å²) in [6, 6.07) is -0.724. The Labute approximate surface area is 421 Å². The van der Waals surface area contributed by atoms with E-state index in [9.17, 15) is 19.5 Å². The first kappa shape index (κ1) is 65.8. The first-order valence-electron chi connectivity index (χ1n) is 29.4. The number of carbonyl (C=O) groups excluding carboxylic acids is 3. The number of carboxylic acid groups (broad SMARTS) is 1. The fourth-order valence-electron chi connectivity index (χ4n) is 9.11. The van der Waals surface area contributed by atoms with Crippen LogP contribution in [0.4, 0.5) is 0 Å². The average Bonchev–Trinajstić information content (AvgIpc) is 3.30. The van der Waals surface area contributed by atoms with Gasteiger partial charge in [0.05, 0.1) is 40.3 Å². The standard InChI is InChI=1S/C60H113NO7/c1-6-8-10-12-14-16-18-20-22-24-26-28-29-31-32-34-36-38-40-42-44-46-48-50-58(62)67-55-56(54-66-53-52-57(60(64)65)61(3,4)5)68-59(63)51-49-47-45-43-41-39-37-35-33-30-27-25-23-21-19-17-15-13-11-9-7-2/h9,11,15,17,56-57H,6-8,10,12-14,16,18-55H2,1-5H3/b11-9+,17-15+. The Morgan fingerprint density at radius 2 is 0.824 bits per heavy atom. The van der Waals surface area contributed by atoms with Crippen LogP contribution in [0.2, 0.25) is 0 Å². The largest absolute Gasteiger partial charge is 0.544 e. The molecule has 8 nitrogen and oxygen atoms in total. The molecule has 0 aliphatic carbocycles. The monoisotopic (exact) mass is 960 g/mol. The maximum atomic E-state index is 12.8. The van der Waals surface area contributed by atoms with Crippen LogP contribution < -0.4 is 5.11 Å². The van der Waals surface area contributed by atoms with Crippen LogP contribution in [-0.4, -0.2) is 75.5 Å². The number of likely N-dealkylation sites (N-methyl/N-ethyl adjacent to an activating group) is 1. The zero-order chi connectivity index (χ0) is 49.9. The van der Waals surface area contributed by atoms with Gasteiger partial charge in [0.1, 0.15) is 12.6 Å². The molecule has 0 spiro atoms. The normalized spacial score (nSPS) is 12.9. The second-order valence-corrected chi connectivity index (χ2v) is 21.2. The zero-order valence-corrected chi connectivity index (χ0v) is 45.8. The molecular weight excluding hydrogens is 847 g/mol. The average molecular weight is 961 g/mol. The van der Waals surface area contributed by atoms with E-state index >= 15 is 0 Å². The van der Waals surface area contributed by atoms with E-state index in [1.54, 1.807) is 0 Å². The van der Waals surface area contributed by atoms with Gasteiger partial charge >= 0.3 is 11.9 Å². The van der Waals surface area contributed by atoms with Crippen LogP contribution in [0.15, 0.2) is 24.3 Å². The zero-order valence-electron chi connectivity index (χ0n) is 45.8. The molecule has 68 heavy (non-hydrogen) atoms. The Kier molecular flexibility index (Phi) is 49.5. The number of quaternary nitrogens is 1. The van der Waals surface area contributed by atoms with Crippen molar-refractivity contribution < 1.29 is 38.2 Å². The number of rotatable bonds is 54. The van der Waals surface area contributed by atoms with Crippen molar-refractivity contribution in [1.29, 1.82) is 0 Å². The van der Waals surface area contributed by atoms with Crippen molar-refractivity contribution in [2.24, 2.45) is 0 Å². The molecule has 2 atom stereocenters. The van der Waals surface area contributed by atoms with Gasteiger partial charge in [-0.05, 0) is 38.5 Å².